The van der Waals surface area contributed by atoms with Crippen LogP contribution in [0.3, 0.4) is 0 Å². The number of fused-ring (bicyclic) bond motifs is 4. The Kier molecular flexibility index (Phi) is 11.8. The number of hydrogen-bond donors (Lipinski definition) is 0. The Morgan fingerprint density at radius 3 is 0.815 bits per heavy atom. The first-order chi connectivity index (χ1) is 30.1. The fourth-order valence-corrected chi connectivity index (χ4v) is 9.40. The smallest absolute Gasteiger partial charge is 0.115 e. The second-order valence-corrected chi connectivity index (χ2v) is 16.0. The molecule has 0 bridgehead atoms. The predicted molar refractivity (Wildman–Crippen MR) is 306 cm³/mol. The van der Waals surface area contributed by atoms with Crippen LogP contribution in [-0.2, 0) is 5.31 Å². The predicted octanol–water partition coefficient (Wildman–Crippen LogP) is -18.1. The van der Waals surface area contributed by atoms with E-state index in [4.69, 9.17) is 204 Å². The molecule has 7 aromatic carbocycles. The Bertz CT molecular complexity index is 3460. The molecule has 0 nitrogen and oxygen atoms in total. The second kappa shape index (κ2) is 15.9. The van der Waals surface area contributed by atoms with Crippen LogP contribution in [0.5, 0.6) is 0 Å². The van der Waals surface area contributed by atoms with E-state index < -0.39 is 5.31 Å². The van der Waals surface area contributed by atoms with Gasteiger partial charge in [-0.1, -0.05) is 71.0 Å². The minimum Gasteiger partial charge on any atom is -0.119 e. The maximum Gasteiger partial charge on any atom is 0.115 e. The van der Waals surface area contributed by atoms with Gasteiger partial charge in [-0.25, -0.2) is 0 Å². The van der Waals surface area contributed by atoms with Crippen LogP contribution in [-0.4, -0.2) is 204 Å². The Morgan fingerprint density at radius 2 is 0.446 bits per heavy atom. The van der Waals surface area contributed by atoms with Gasteiger partial charge in [-0.15, -0.1) is 65.6 Å². The Balaban J connectivity index is 1.75. The van der Waals surface area contributed by atoms with E-state index >= 15 is 0 Å². The van der Waals surface area contributed by atoms with Gasteiger partial charge in [0.05, 0.1) is 7.85 Å². The van der Waals surface area contributed by atoms with Crippen molar-refractivity contribution in [3.05, 3.63) is 27.5 Å². The molecule has 65 heavy (non-hydrogen) atoms. The van der Waals surface area contributed by atoms with Gasteiger partial charge in [-0.05, 0) is 76.2 Å². The van der Waals surface area contributed by atoms with Gasteiger partial charge in [0.2, 0.25) is 0 Å². The van der Waals surface area contributed by atoms with Gasteiger partial charge in [-0.2, -0.15) is 0 Å². The molecule has 1 aliphatic rings. The summed E-state index contributed by atoms with van der Waals surface area (Å²) in [5, 5.41) is -2.46. The highest BCUT2D eigenvalue weighted by Crippen LogP contribution is 2.52. The quantitative estimate of drug-likeness (QED) is 0.125. The van der Waals surface area contributed by atoms with Gasteiger partial charge in [0.15, 0.2) is 0 Å². The number of benzene rings is 7. The van der Waals surface area contributed by atoms with Crippen LogP contribution >= 0.6 is 0 Å². The summed E-state index contributed by atoms with van der Waals surface area (Å²) in [6.07, 6.45) is 0. The van der Waals surface area contributed by atoms with Crippen molar-refractivity contribution in [3.8, 4) is 11.1 Å². The van der Waals surface area contributed by atoms with Crippen molar-refractivity contribution in [1.82, 2.24) is 0 Å². The molecule has 52 radical (unpaired) electrons. The molecule has 0 aliphatic heterocycles. The molecular weight excluding hydrogens is 750 g/mol. The number of rotatable bonds is 3. The molecule has 0 heterocycles. The van der Waals surface area contributed by atoms with Gasteiger partial charge in [0.25, 0.3) is 0 Å². The molecule has 0 aromatic heterocycles. The highest BCUT2D eigenvalue weighted by Gasteiger charge is 2.44. The van der Waals surface area contributed by atoms with Gasteiger partial charge < -0.3 is 0 Å². The fourth-order valence-electron chi connectivity index (χ4n) is 9.40. The molecule has 0 saturated carbocycles. The maximum atomic E-state index is 7.80. The van der Waals surface area contributed by atoms with E-state index in [1.165, 1.54) is 0 Å². The minimum atomic E-state index is -2.37. The summed E-state index contributed by atoms with van der Waals surface area (Å²) in [6, 6.07) is 0. The summed E-state index contributed by atoms with van der Waals surface area (Å²) in [7, 11) is 176. The van der Waals surface area contributed by atoms with E-state index in [0.29, 0.717) is 0 Å². The van der Waals surface area contributed by atoms with Crippen molar-refractivity contribution in [3.63, 3.8) is 0 Å². The summed E-state index contributed by atoms with van der Waals surface area (Å²) in [5.41, 5.74) is -4.97. The molecule has 0 fully saturated rings. The summed E-state index contributed by atoms with van der Waals surface area (Å²) >= 11 is 0. The first kappa shape index (κ1) is 48.2. The SMILES string of the molecule is [B]C1=C([B])C([B])(c2c3c([B])c([B])c([B])c([B])c3c(-c3c([B])c([B])c([B])c4c([B])c([B])c([B])c([B])c34)c3c([B])c([B])c([B])c([B])c23)C(c2c([B])c([B])c3c([B])c([B])c([B])c([B])c3c2[B])=C1[B]. The van der Waals surface area contributed by atoms with Crippen LogP contribution in [0.2, 0.25) is 0 Å². The molecule has 1 unspecified atom stereocenters. The monoisotopic (exact) mass is 754 g/mol. The third kappa shape index (κ3) is 6.01. The van der Waals surface area contributed by atoms with Gasteiger partial charge in [-0.3, -0.25) is 0 Å². The molecule has 8 rings (SSSR count). The molecule has 1 atom stereocenters. The van der Waals surface area contributed by atoms with Crippen LogP contribution in [0.1, 0.15) is 11.1 Å². The molecule has 234 valence electrons. The molecule has 1 aliphatic carbocycles. The molecule has 26 heteroatoms. The lowest BCUT2D eigenvalue weighted by Crippen LogP contribution is -2.53. The van der Waals surface area contributed by atoms with Crippen LogP contribution < -0.4 is 120 Å². The van der Waals surface area contributed by atoms with E-state index in [1.807, 2.05) is 0 Å². The Labute approximate surface area is 414 Å². The second-order valence-electron chi connectivity index (χ2n) is 16.0. The van der Waals surface area contributed by atoms with Crippen molar-refractivity contribution in [2.45, 2.75) is 5.31 Å². The van der Waals surface area contributed by atoms with Crippen LogP contribution in [0, 0.1) is 0 Å². The van der Waals surface area contributed by atoms with Gasteiger partial charge in [0, 0.05) is 0 Å². The lowest BCUT2D eigenvalue weighted by molar-refractivity contribution is 1.02. The van der Waals surface area contributed by atoms with Crippen molar-refractivity contribution in [2.75, 3.05) is 0 Å². The average molecular weight is 750 g/mol. The number of allylic oxidation sites excluding steroid dienone is 4. The summed E-state index contributed by atoms with van der Waals surface area (Å²) in [4.78, 5) is 0. The third-order valence-electron chi connectivity index (χ3n) is 12.9. The van der Waals surface area contributed by atoms with Crippen LogP contribution in [0.15, 0.2) is 16.4 Å². The van der Waals surface area contributed by atoms with E-state index in [0.717, 1.165) is 0 Å². The van der Waals surface area contributed by atoms with Crippen LogP contribution in [0.4, 0.5) is 0 Å². The van der Waals surface area contributed by atoms with E-state index in [2.05, 4.69) is 0 Å². The normalized spacial score (nSPS) is 15.4. The summed E-state index contributed by atoms with van der Waals surface area (Å²) in [5.74, 6) is 0. The Hall–Kier alpha value is -3.25. The number of hydrogen-bond acceptors (Lipinski definition) is 0. The zero-order valence-corrected chi connectivity index (χ0v) is 34.5. The average Bonchev–Trinajstić information content (AvgIpc) is 3.44. The highest BCUT2D eigenvalue weighted by molar-refractivity contribution is 6.76. The molecule has 0 saturated heterocycles. The standard InChI is InChI=1S/C39B26/c40-14-9-10(25(51)36(62)35(61)24(9)50)21(47)26(52)11(14)13-27(53)37(63)38(64)39(13,65)12-6-3(16(42)29(55)32(58)19(6)45)1(4-7(12)20(46)33(59)30(56)17(4)43)2-5-8(22(48)28(54)15(2)41)23(49)34(60)31(57)18(5)44. The van der Waals surface area contributed by atoms with Crippen molar-refractivity contribution in [1.29, 1.82) is 0 Å². The first-order valence-corrected chi connectivity index (χ1v) is 19.0. The van der Waals surface area contributed by atoms with Gasteiger partial charge in [0.1, 0.15) is 196 Å². The zero-order chi connectivity index (χ0) is 48.4. The van der Waals surface area contributed by atoms with E-state index in [1.54, 1.807) is 0 Å². The van der Waals surface area contributed by atoms with Crippen molar-refractivity contribution >= 4 is 373 Å². The Morgan fingerprint density at radius 1 is 0.200 bits per heavy atom. The third-order valence-corrected chi connectivity index (χ3v) is 12.9. The van der Waals surface area contributed by atoms with Crippen LogP contribution in [0.25, 0.3) is 59.8 Å². The largest absolute Gasteiger partial charge is 0.119 e. The van der Waals surface area contributed by atoms with Crippen molar-refractivity contribution < 1.29 is 0 Å². The lowest BCUT2D eigenvalue weighted by atomic mass is 9.46. The lowest BCUT2D eigenvalue weighted by Gasteiger charge is -2.41. The van der Waals surface area contributed by atoms with Gasteiger partial charge >= 0.3 is 0 Å². The maximum absolute atomic E-state index is 7.80. The minimum absolute atomic E-state index is 0.0177. The first-order valence-electron chi connectivity index (χ1n) is 19.0. The fraction of sp³-hybridized carbons (Fsp3) is 0.0256. The van der Waals surface area contributed by atoms with E-state index in [-0.39, 0.29) is 208 Å². The summed E-state index contributed by atoms with van der Waals surface area (Å²) < 4.78 is 0. The summed E-state index contributed by atoms with van der Waals surface area (Å²) in [6.45, 7) is 0. The zero-order valence-electron chi connectivity index (χ0n) is 34.5. The molecule has 7 aromatic rings. The molecule has 0 amide bonds. The topological polar surface area (TPSA) is 0 Å². The highest BCUT2D eigenvalue weighted by atomic mass is 14.4. The molecular formula is C39B26. The van der Waals surface area contributed by atoms with E-state index in [9.17, 15) is 0 Å². The van der Waals surface area contributed by atoms with Crippen molar-refractivity contribution in [2.24, 2.45) is 0 Å². The molecule has 0 spiro atoms. The molecule has 0 N–H and O–H groups in total.